The number of pyridine rings is 2. The summed E-state index contributed by atoms with van der Waals surface area (Å²) in [6.45, 7) is 5.97. The van der Waals surface area contributed by atoms with E-state index >= 15 is 0 Å². The van der Waals surface area contributed by atoms with E-state index in [4.69, 9.17) is 11.6 Å². The predicted molar refractivity (Wildman–Crippen MR) is 90.2 cm³/mol. The fourth-order valence-electron chi connectivity index (χ4n) is 2.33. The van der Waals surface area contributed by atoms with Crippen molar-refractivity contribution in [3.05, 3.63) is 29.5 Å². The number of rotatable bonds is 7. The molecule has 0 saturated carbocycles. The molecule has 1 N–H and O–H groups in total. The molecule has 0 atom stereocenters. The van der Waals surface area contributed by atoms with Gasteiger partial charge in [-0.25, -0.2) is 4.98 Å². The van der Waals surface area contributed by atoms with Gasteiger partial charge in [0.2, 0.25) is 5.91 Å². The monoisotopic (exact) mass is 320 g/mol. The zero-order valence-electron chi connectivity index (χ0n) is 13.0. The van der Waals surface area contributed by atoms with Crippen LogP contribution in [0.1, 0.15) is 26.7 Å². The lowest BCUT2D eigenvalue weighted by Crippen LogP contribution is -2.36. The van der Waals surface area contributed by atoms with E-state index in [0.29, 0.717) is 10.7 Å². The van der Waals surface area contributed by atoms with Gasteiger partial charge in [-0.2, -0.15) is 0 Å². The zero-order valence-corrected chi connectivity index (χ0v) is 13.7. The molecule has 0 aliphatic heterocycles. The second kappa shape index (κ2) is 7.94. The third-order valence-electron chi connectivity index (χ3n) is 3.32. The number of amides is 1. The quantitative estimate of drug-likeness (QED) is 0.795. The van der Waals surface area contributed by atoms with Crippen LogP contribution in [-0.4, -0.2) is 40.4 Å². The van der Waals surface area contributed by atoms with Crippen molar-refractivity contribution in [1.29, 1.82) is 0 Å². The molecule has 0 aromatic carbocycles. The van der Waals surface area contributed by atoms with Gasteiger partial charge in [-0.3, -0.25) is 9.78 Å². The predicted octanol–water partition coefficient (Wildman–Crippen LogP) is 3.34. The Morgan fingerprint density at radius 3 is 2.64 bits per heavy atom. The maximum absolute atomic E-state index is 12.3. The van der Waals surface area contributed by atoms with Gasteiger partial charge in [-0.1, -0.05) is 25.4 Å². The molecule has 0 aliphatic carbocycles. The lowest BCUT2D eigenvalue weighted by molar-refractivity contribution is -0.129. The molecule has 0 unspecified atom stereocenters. The Kier molecular flexibility index (Phi) is 5.95. The molecule has 118 valence electrons. The first-order valence-electron chi connectivity index (χ1n) is 7.58. The van der Waals surface area contributed by atoms with E-state index in [9.17, 15) is 4.79 Å². The van der Waals surface area contributed by atoms with E-state index in [1.165, 1.54) is 0 Å². The Balaban J connectivity index is 2.11. The van der Waals surface area contributed by atoms with Crippen LogP contribution in [0.3, 0.4) is 0 Å². The molecule has 6 heteroatoms. The van der Waals surface area contributed by atoms with Crippen molar-refractivity contribution in [3.63, 3.8) is 0 Å². The van der Waals surface area contributed by atoms with Gasteiger partial charge >= 0.3 is 0 Å². The van der Waals surface area contributed by atoms with Gasteiger partial charge < -0.3 is 10.2 Å². The third kappa shape index (κ3) is 4.07. The first-order chi connectivity index (χ1) is 10.7. The Hall–Kier alpha value is -1.88. The van der Waals surface area contributed by atoms with E-state index in [-0.39, 0.29) is 12.5 Å². The highest BCUT2D eigenvalue weighted by Crippen LogP contribution is 2.21. The van der Waals surface area contributed by atoms with Crippen LogP contribution in [0.4, 0.5) is 5.69 Å². The number of hydrogen-bond donors (Lipinski definition) is 1. The summed E-state index contributed by atoms with van der Waals surface area (Å²) in [4.78, 5) is 22.7. The summed E-state index contributed by atoms with van der Waals surface area (Å²) in [5.41, 5.74) is 2.20. The van der Waals surface area contributed by atoms with Crippen LogP contribution in [0.5, 0.6) is 0 Å². The summed E-state index contributed by atoms with van der Waals surface area (Å²) in [7, 11) is 0. The first kappa shape index (κ1) is 16.5. The van der Waals surface area contributed by atoms with Crippen molar-refractivity contribution in [3.8, 4) is 0 Å². The number of hydrogen-bond acceptors (Lipinski definition) is 4. The van der Waals surface area contributed by atoms with Crippen molar-refractivity contribution in [1.82, 2.24) is 14.9 Å². The first-order valence-corrected chi connectivity index (χ1v) is 7.96. The molecule has 5 nitrogen and oxygen atoms in total. The molecule has 1 amide bonds. The van der Waals surface area contributed by atoms with E-state index in [0.717, 1.165) is 37.1 Å². The number of anilines is 1. The van der Waals surface area contributed by atoms with Crippen molar-refractivity contribution < 1.29 is 4.79 Å². The molecule has 22 heavy (non-hydrogen) atoms. The summed E-state index contributed by atoms with van der Waals surface area (Å²) in [5.74, 6) is 0.0932. The van der Waals surface area contributed by atoms with E-state index < -0.39 is 0 Å². The molecule has 2 aromatic heterocycles. The van der Waals surface area contributed by atoms with Gasteiger partial charge in [0, 0.05) is 19.3 Å². The number of fused-ring (bicyclic) bond motifs is 1. The van der Waals surface area contributed by atoms with Gasteiger partial charge in [-0.05, 0) is 31.0 Å². The summed E-state index contributed by atoms with van der Waals surface area (Å²) in [6.07, 6.45) is 3.61. The molecular formula is C16H21ClN4O. The topological polar surface area (TPSA) is 58.1 Å². The molecule has 0 aliphatic rings. The average molecular weight is 321 g/mol. The van der Waals surface area contributed by atoms with Crippen LogP contribution in [0, 0.1) is 0 Å². The number of nitrogens with one attached hydrogen (secondary N) is 1. The minimum atomic E-state index is 0.0932. The SMILES string of the molecule is CCCN(CCC)C(=O)CNc1ccnc2ccc(Cl)nc12. The molecule has 2 rings (SSSR count). The maximum Gasteiger partial charge on any atom is 0.241 e. The summed E-state index contributed by atoms with van der Waals surface area (Å²) < 4.78 is 0. The fourth-order valence-corrected chi connectivity index (χ4v) is 2.48. The molecule has 2 heterocycles. The van der Waals surface area contributed by atoms with Crippen molar-refractivity contribution in [2.24, 2.45) is 0 Å². The molecule has 2 aromatic rings. The molecule has 0 spiro atoms. The van der Waals surface area contributed by atoms with Gasteiger partial charge in [-0.15, -0.1) is 0 Å². The second-order valence-electron chi connectivity index (χ2n) is 5.09. The van der Waals surface area contributed by atoms with Crippen LogP contribution in [0.2, 0.25) is 5.15 Å². The lowest BCUT2D eigenvalue weighted by Gasteiger charge is -2.22. The zero-order chi connectivity index (χ0) is 15.9. The lowest BCUT2D eigenvalue weighted by atomic mass is 10.2. The number of carbonyl (C=O) groups excluding carboxylic acids is 1. The van der Waals surface area contributed by atoms with Crippen LogP contribution in [0.15, 0.2) is 24.4 Å². The van der Waals surface area contributed by atoms with Gasteiger partial charge in [0.25, 0.3) is 0 Å². The molecule has 0 radical (unpaired) electrons. The highest BCUT2D eigenvalue weighted by atomic mass is 35.5. The summed E-state index contributed by atoms with van der Waals surface area (Å²) >= 11 is 5.94. The van der Waals surface area contributed by atoms with E-state index in [1.54, 1.807) is 12.3 Å². The normalized spacial score (nSPS) is 10.7. The minimum absolute atomic E-state index is 0.0932. The largest absolute Gasteiger partial charge is 0.374 e. The minimum Gasteiger partial charge on any atom is -0.374 e. The van der Waals surface area contributed by atoms with Crippen molar-refractivity contribution >= 4 is 34.2 Å². The number of nitrogens with zero attached hydrogens (tertiary/aromatic N) is 3. The molecule has 0 bridgehead atoms. The molecule has 0 saturated heterocycles. The highest BCUT2D eigenvalue weighted by Gasteiger charge is 2.12. The standard InChI is InChI=1S/C16H21ClN4O/c1-3-9-21(10-4-2)15(22)11-19-13-7-8-18-12-5-6-14(17)20-16(12)13/h5-8H,3-4,9-11H2,1-2H3,(H,18,19). The van der Waals surface area contributed by atoms with Gasteiger partial charge in [0.15, 0.2) is 0 Å². The van der Waals surface area contributed by atoms with Crippen LogP contribution in [-0.2, 0) is 4.79 Å². The van der Waals surface area contributed by atoms with Crippen LogP contribution < -0.4 is 5.32 Å². The summed E-state index contributed by atoms with van der Waals surface area (Å²) in [5, 5.41) is 3.57. The molecular weight excluding hydrogens is 300 g/mol. The van der Waals surface area contributed by atoms with Gasteiger partial charge in [0.1, 0.15) is 10.7 Å². The van der Waals surface area contributed by atoms with E-state index in [1.807, 2.05) is 17.0 Å². The van der Waals surface area contributed by atoms with Crippen LogP contribution >= 0.6 is 11.6 Å². The highest BCUT2D eigenvalue weighted by molar-refractivity contribution is 6.29. The maximum atomic E-state index is 12.3. The molecule has 0 fully saturated rings. The number of aromatic nitrogens is 2. The Labute approximate surface area is 135 Å². The van der Waals surface area contributed by atoms with Crippen LogP contribution in [0.25, 0.3) is 11.0 Å². The van der Waals surface area contributed by atoms with Crippen molar-refractivity contribution in [2.45, 2.75) is 26.7 Å². The fraction of sp³-hybridized carbons (Fsp3) is 0.438. The second-order valence-corrected chi connectivity index (χ2v) is 5.48. The van der Waals surface area contributed by atoms with Crippen molar-refractivity contribution in [2.75, 3.05) is 25.0 Å². The smallest absolute Gasteiger partial charge is 0.241 e. The number of halogens is 1. The Morgan fingerprint density at radius 1 is 1.23 bits per heavy atom. The van der Waals surface area contributed by atoms with Gasteiger partial charge in [0.05, 0.1) is 17.7 Å². The number of carbonyl (C=O) groups is 1. The third-order valence-corrected chi connectivity index (χ3v) is 3.53. The Morgan fingerprint density at radius 2 is 1.95 bits per heavy atom. The van der Waals surface area contributed by atoms with E-state index in [2.05, 4.69) is 29.1 Å². The summed E-state index contributed by atoms with van der Waals surface area (Å²) in [6, 6.07) is 5.33. The average Bonchev–Trinajstić information content (AvgIpc) is 2.52. The Bertz CT molecular complexity index is 641.